The van der Waals surface area contributed by atoms with Gasteiger partial charge in [0.2, 0.25) is 0 Å². The summed E-state index contributed by atoms with van der Waals surface area (Å²) >= 11 is 0. The molecule has 0 bridgehead atoms. The summed E-state index contributed by atoms with van der Waals surface area (Å²) in [4.78, 5) is 11.9. The smallest absolute Gasteiger partial charge is 0.262 e. The normalized spacial score (nSPS) is 10.5. The molecule has 2 aromatic rings. The van der Waals surface area contributed by atoms with Gasteiger partial charge in [0.15, 0.2) is 18.1 Å². The van der Waals surface area contributed by atoms with Crippen molar-refractivity contribution in [2.24, 2.45) is 5.10 Å². The van der Waals surface area contributed by atoms with Crippen LogP contribution < -0.4 is 14.8 Å². The predicted octanol–water partition coefficient (Wildman–Crippen LogP) is 2.61. The highest BCUT2D eigenvalue weighted by molar-refractivity contribution is 5.91. The van der Waals surface area contributed by atoms with Gasteiger partial charge >= 0.3 is 0 Å². The van der Waals surface area contributed by atoms with Gasteiger partial charge < -0.3 is 19.8 Å². The van der Waals surface area contributed by atoms with Crippen molar-refractivity contribution in [2.45, 2.75) is 0 Å². The van der Waals surface area contributed by atoms with Crippen LogP contribution in [0.2, 0.25) is 0 Å². The highest BCUT2D eigenvalue weighted by Gasteiger charge is 2.08. The Balaban J connectivity index is 1.97. The number of ether oxygens (including phenoxy) is 2. The van der Waals surface area contributed by atoms with E-state index in [9.17, 15) is 4.79 Å². The van der Waals surface area contributed by atoms with Crippen LogP contribution in [0.25, 0.3) is 0 Å². The van der Waals surface area contributed by atoms with E-state index in [0.29, 0.717) is 11.5 Å². The van der Waals surface area contributed by atoms with Crippen LogP contribution >= 0.6 is 0 Å². The third kappa shape index (κ3) is 5.31. The van der Waals surface area contributed by atoms with Crippen LogP contribution in [0.4, 0.5) is 5.69 Å². The van der Waals surface area contributed by atoms with Gasteiger partial charge in [0.25, 0.3) is 5.91 Å². The van der Waals surface area contributed by atoms with Crippen molar-refractivity contribution in [3.63, 3.8) is 0 Å². The Morgan fingerprint density at radius 1 is 1.17 bits per heavy atom. The summed E-state index contributed by atoms with van der Waals surface area (Å²) in [6.07, 6.45) is 1.72. The Morgan fingerprint density at radius 2 is 1.92 bits per heavy atom. The molecule has 0 aliphatic heterocycles. The molecule has 0 spiro atoms. The summed E-state index contributed by atoms with van der Waals surface area (Å²) < 4.78 is 10.9. The number of carbonyl (C=O) groups is 1. The third-order valence-electron chi connectivity index (χ3n) is 3.04. The summed E-state index contributed by atoms with van der Waals surface area (Å²) in [5.74, 6) is 0.814. The van der Waals surface area contributed by atoms with E-state index in [0.717, 1.165) is 11.3 Å². The summed E-state index contributed by atoms with van der Waals surface area (Å²) in [5, 5.41) is 8.63. The largest absolute Gasteiger partial charge is 0.493 e. The van der Waals surface area contributed by atoms with Gasteiger partial charge in [-0.3, -0.25) is 4.79 Å². The lowest BCUT2D eigenvalue weighted by Crippen LogP contribution is -2.20. The molecule has 0 unspecified atom stereocenters. The first-order valence-corrected chi connectivity index (χ1v) is 7.45. The zero-order valence-electron chi connectivity index (χ0n) is 14.0. The van der Waals surface area contributed by atoms with Gasteiger partial charge in [-0.15, -0.1) is 0 Å². The minimum atomic E-state index is -0.235. The lowest BCUT2D eigenvalue weighted by atomic mass is 10.2. The van der Waals surface area contributed by atoms with Crippen LogP contribution in [0.1, 0.15) is 5.56 Å². The monoisotopic (exact) mass is 327 g/mol. The molecule has 24 heavy (non-hydrogen) atoms. The number of hydrogen-bond donors (Lipinski definition) is 1. The van der Waals surface area contributed by atoms with Gasteiger partial charge in [0.1, 0.15) is 0 Å². The van der Waals surface area contributed by atoms with E-state index in [1.807, 2.05) is 50.5 Å². The maximum absolute atomic E-state index is 11.9. The molecule has 0 radical (unpaired) electrons. The zero-order chi connectivity index (χ0) is 17.4. The Morgan fingerprint density at radius 3 is 2.58 bits per heavy atom. The molecule has 0 saturated carbocycles. The van der Waals surface area contributed by atoms with Gasteiger partial charge in [0.05, 0.1) is 13.3 Å². The number of benzene rings is 2. The lowest BCUT2D eigenvalue weighted by molar-refractivity contribution is -0.118. The number of anilines is 1. The number of nitrogens with one attached hydrogen (secondary N) is 1. The minimum absolute atomic E-state index is 0.101. The van der Waals surface area contributed by atoms with Crippen LogP contribution in [-0.2, 0) is 4.79 Å². The minimum Gasteiger partial charge on any atom is -0.493 e. The average Bonchev–Trinajstić information content (AvgIpc) is 2.59. The Kier molecular flexibility index (Phi) is 6.19. The highest BCUT2D eigenvalue weighted by Crippen LogP contribution is 2.27. The Hall–Kier alpha value is -3.02. The van der Waals surface area contributed by atoms with Crippen molar-refractivity contribution < 1.29 is 14.3 Å². The fourth-order valence-electron chi connectivity index (χ4n) is 1.93. The SMILES string of the molecule is COc1cc(/C=N/N(C)C)ccc1OCC(=O)Nc1ccccc1. The zero-order valence-corrected chi connectivity index (χ0v) is 14.0. The first kappa shape index (κ1) is 17.3. The quantitative estimate of drug-likeness (QED) is 0.627. The molecule has 0 heterocycles. The number of para-hydroxylation sites is 1. The molecule has 0 aliphatic rings. The number of hydrazone groups is 1. The van der Waals surface area contributed by atoms with Gasteiger partial charge in [0, 0.05) is 19.8 Å². The van der Waals surface area contributed by atoms with Crippen molar-refractivity contribution >= 4 is 17.8 Å². The number of amides is 1. The van der Waals surface area contributed by atoms with Crippen molar-refractivity contribution in [1.82, 2.24) is 5.01 Å². The molecule has 6 heteroatoms. The molecule has 6 nitrogen and oxygen atoms in total. The number of hydrogen-bond acceptors (Lipinski definition) is 5. The lowest BCUT2D eigenvalue weighted by Gasteiger charge is -2.11. The molecule has 126 valence electrons. The molecular weight excluding hydrogens is 306 g/mol. The molecular formula is C18H21N3O3. The second-order valence-electron chi connectivity index (χ2n) is 5.20. The molecule has 1 amide bonds. The van der Waals surface area contributed by atoms with E-state index >= 15 is 0 Å². The molecule has 0 fully saturated rings. The Bertz CT molecular complexity index is 700. The Labute approximate surface area is 141 Å². The molecule has 0 saturated heterocycles. The summed E-state index contributed by atoms with van der Waals surface area (Å²) in [6, 6.07) is 14.6. The molecule has 0 aromatic heterocycles. The molecule has 2 aromatic carbocycles. The highest BCUT2D eigenvalue weighted by atomic mass is 16.5. The van der Waals surface area contributed by atoms with Crippen molar-refractivity contribution in [1.29, 1.82) is 0 Å². The van der Waals surface area contributed by atoms with Crippen LogP contribution in [0.15, 0.2) is 53.6 Å². The van der Waals surface area contributed by atoms with Crippen LogP contribution in [0.3, 0.4) is 0 Å². The predicted molar refractivity (Wildman–Crippen MR) is 94.8 cm³/mol. The molecule has 2 rings (SSSR count). The molecule has 0 aliphatic carbocycles. The number of methoxy groups -OCH3 is 1. The van der Waals surface area contributed by atoms with E-state index in [2.05, 4.69) is 10.4 Å². The average molecular weight is 327 g/mol. The molecule has 0 atom stereocenters. The van der Waals surface area contributed by atoms with Gasteiger partial charge in [-0.25, -0.2) is 0 Å². The topological polar surface area (TPSA) is 63.2 Å². The summed E-state index contributed by atoms with van der Waals surface area (Å²) in [6.45, 7) is -0.101. The van der Waals surface area contributed by atoms with Crippen LogP contribution in [0.5, 0.6) is 11.5 Å². The van der Waals surface area contributed by atoms with Gasteiger partial charge in [-0.05, 0) is 35.9 Å². The maximum Gasteiger partial charge on any atom is 0.262 e. The van der Waals surface area contributed by atoms with E-state index in [-0.39, 0.29) is 12.5 Å². The van der Waals surface area contributed by atoms with Crippen molar-refractivity contribution in [2.75, 3.05) is 33.1 Å². The molecule has 1 N–H and O–H groups in total. The summed E-state index contributed by atoms with van der Waals surface area (Å²) in [7, 11) is 5.24. The van der Waals surface area contributed by atoms with Crippen molar-refractivity contribution in [3.8, 4) is 11.5 Å². The van der Waals surface area contributed by atoms with Crippen LogP contribution in [-0.4, -0.2) is 44.9 Å². The van der Waals surface area contributed by atoms with Gasteiger partial charge in [-0.2, -0.15) is 5.10 Å². The maximum atomic E-state index is 11.9. The number of nitrogens with zero attached hydrogens (tertiary/aromatic N) is 2. The van der Waals surface area contributed by atoms with E-state index in [1.54, 1.807) is 30.5 Å². The van der Waals surface area contributed by atoms with Crippen molar-refractivity contribution in [3.05, 3.63) is 54.1 Å². The first-order valence-electron chi connectivity index (χ1n) is 7.45. The fraction of sp³-hybridized carbons (Fsp3) is 0.222. The number of carbonyl (C=O) groups excluding carboxylic acids is 1. The van der Waals surface area contributed by atoms with Gasteiger partial charge in [-0.1, -0.05) is 18.2 Å². The fourth-order valence-corrected chi connectivity index (χ4v) is 1.93. The first-order chi connectivity index (χ1) is 11.6. The second kappa shape index (κ2) is 8.57. The second-order valence-corrected chi connectivity index (χ2v) is 5.20. The van der Waals surface area contributed by atoms with E-state index in [4.69, 9.17) is 9.47 Å². The summed E-state index contributed by atoms with van der Waals surface area (Å²) in [5.41, 5.74) is 1.61. The standard InChI is InChI=1S/C18H21N3O3/c1-21(2)19-12-14-9-10-16(17(11-14)23-3)24-13-18(22)20-15-7-5-4-6-8-15/h4-12H,13H2,1-3H3,(H,20,22)/b19-12+. The van der Waals surface area contributed by atoms with E-state index < -0.39 is 0 Å². The van der Waals surface area contributed by atoms with Crippen LogP contribution in [0, 0.1) is 0 Å². The number of rotatable bonds is 7. The third-order valence-corrected chi connectivity index (χ3v) is 3.04. The van der Waals surface area contributed by atoms with E-state index in [1.165, 1.54) is 0 Å².